The maximum Gasteiger partial charge on any atom is 0.269 e. The molecule has 0 N–H and O–H groups in total. The van der Waals surface area contributed by atoms with E-state index in [-0.39, 0.29) is 10.8 Å². The van der Waals surface area contributed by atoms with Gasteiger partial charge in [0.05, 0.1) is 18.4 Å². The summed E-state index contributed by atoms with van der Waals surface area (Å²) in [6.45, 7) is 0. The quantitative estimate of drug-likeness (QED) is 0.403. The molecule has 154 valence electrons. The van der Waals surface area contributed by atoms with Gasteiger partial charge in [-0.1, -0.05) is 35.0 Å². The zero-order valence-corrected chi connectivity index (χ0v) is 18.3. The lowest BCUT2D eigenvalue weighted by molar-refractivity contribution is 0.413. The summed E-state index contributed by atoms with van der Waals surface area (Å²) in [6, 6.07) is 15.4. The number of rotatable bonds is 6. The fraction of sp³-hybridized carbons (Fsp3) is 0.100. The van der Waals surface area contributed by atoms with Crippen molar-refractivity contribution in [2.24, 2.45) is 0 Å². The van der Waals surface area contributed by atoms with E-state index in [0.717, 1.165) is 0 Å². The summed E-state index contributed by atoms with van der Waals surface area (Å²) in [7, 11) is -0.860. The number of benzene rings is 2. The first kappa shape index (κ1) is 20.4. The molecule has 0 radical (unpaired) electrons. The van der Waals surface area contributed by atoms with Gasteiger partial charge in [0.1, 0.15) is 15.5 Å². The van der Waals surface area contributed by atoms with Crippen LogP contribution >= 0.6 is 22.9 Å². The lowest BCUT2D eigenvalue weighted by Gasteiger charge is -2.19. The standard InChI is InChI=1S/C20H16ClN3O4S2/c1-24(14-7-5-6-13(21)12-14)30(25,26)17-10-11-29-18(17)20-22-19(23-28-20)15-8-3-4-9-16(15)27-2/h3-12H,1-2H3. The van der Waals surface area contributed by atoms with Crippen molar-refractivity contribution in [2.45, 2.75) is 4.90 Å². The number of methoxy groups -OCH3 is 1. The first-order valence-electron chi connectivity index (χ1n) is 8.71. The van der Waals surface area contributed by atoms with Crippen LogP contribution in [0.3, 0.4) is 0 Å². The minimum Gasteiger partial charge on any atom is -0.496 e. The molecule has 0 aliphatic heterocycles. The van der Waals surface area contributed by atoms with E-state index in [2.05, 4.69) is 10.1 Å². The molecule has 4 aromatic rings. The van der Waals surface area contributed by atoms with Gasteiger partial charge in [-0.15, -0.1) is 11.3 Å². The highest BCUT2D eigenvalue weighted by Gasteiger charge is 2.29. The molecule has 4 rings (SSSR count). The smallest absolute Gasteiger partial charge is 0.269 e. The van der Waals surface area contributed by atoms with Crippen LogP contribution in [0.2, 0.25) is 5.02 Å². The third-order valence-electron chi connectivity index (χ3n) is 4.41. The highest BCUT2D eigenvalue weighted by atomic mass is 35.5. The van der Waals surface area contributed by atoms with Crippen LogP contribution in [0.5, 0.6) is 5.75 Å². The Morgan fingerprint density at radius 2 is 1.93 bits per heavy atom. The van der Waals surface area contributed by atoms with Gasteiger partial charge in [-0.3, -0.25) is 4.31 Å². The van der Waals surface area contributed by atoms with Gasteiger partial charge in [0.15, 0.2) is 0 Å². The third kappa shape index (κ3) is 3.67. The Labute approximate surface area is 182 Å². The fourth-order valence-corrected chi connectivity index (χ4v) is 5.56. The molecule has 0 unspecified atom stereocenters. The van der Waals surface area contributed by atoms with Gasteiger partial charge in [0, 0.05) is 12.1 Å². The summed E-state index contributed by atoms with van der Waals surface area (Å²) in [5.41, 5.74) is 1.09. The van der Waals surface area contributed by atoms with E-state index in [4.69, 9.17) is 20.9 Å². The molecule has 0 saturated heterocycles. The Balaban J connectivity index is 1.73. The third-order valence-corrected chi connectivity index (χ3v) is 7.50. The van der Waals surface area contributed by atoms with Crippen LogP contribution in [0.4, 0.5) is 5.69 Å². The highest BCUT2D eigenvalue weighted by Crippen LogP contribution is 2.36. The number of nitrogens with zero attached hydrogens (tertiary/aromatic N) is 3. The van der Waals surface area contributed by atoms with Crippen LogP contribution in [-0.4, -0.2) is 32.7 Å². The Hall–Kier alpha value is -2.88. The number of para-hydroxylation sites is 1. The SMILES string of the molecule is COc1ccccc1-c1noc(-c2sccc2S(=O)(=O)N(C)c2cccc(Cl)c2)n1. The van der Waals surface area contributed by atoms with Gasteiger partial charge in [-0.05, 0) is 41.8 Å². The van der Waals surface area contributed by atoms with E-state index < -0.39 is 10.0 Å². The monoisotopic (exact) mass is 461 g/mol. The number of anilines is 1. The number of sulfonamides is 1. The Morgan fingerprint density at radius 1 is 1.13 bits per heavy atom. The summed E-state index contributed by atoms with van der Waals surface area (Å²) in [6.07, 6.45) is 0. The van der Waals surface area contributed by atoms with Gasteiger partial charge in [-0.25, -0.2) is 8.42 Å². The van der Waals surface area contributed by atoms with Crippen molar-refractivity contribution in [3.05, 3.63) is 65.0 Å². The zero-order chi connectivity index (χ0) is 21.3. The summed E-state index contributed by atoms with van der Waals surface area (Å²) in [4.78, 5) is 4.83. The van der Waals surface area contributed by atoms with Crippen molar-refractivity contribution in [1.29, 1.82) is 0 Å². The van der Waals surface area contributed by atoms with Gasteiger partial charge in [0.2, 0.25) is 5.82 Å². The molecule has 0 amide bonds. The van der Waals surface area contributed by atoms with Crippen molar-refractivity contribution in [3.8, 4) is 27.9 Å². The molecule has 0 aliphatic carbocycles. The van der Waals surface area contributed by atoms with Crippen molar-refractivity contribution in [2.75, 3.05) is 18.5 Å². The second-order valence-electron chi connectivity index (χ2n) is 6.19. The highest BCUT2D eigenvalue weighted by molar-refractivity contribution is 7.93. The number of ether oxygens (including phenoxy) is 1. The molecule has 2 aromatic heterocycles. The lowest BCUT2D eigenvalue weighted by atomic mass is 10.2. The predicted octanol–water partition coefficient (Wildman–Crippen LogP) is 4.95. The average Bonchev–Trinajstić information content (AvgIpc) is 3.43. The van der Waals surface area contributed by atoms with Crippen LogP contribution in [0.25, 0.3) is 22.2 Å². The number of hydrogen-bond donors (Lipinski definition) is 0. The molecule has 0 aliphatic rings. The molecule has 2 aromatic carbocycles. The topological polar surface area (TPSA) is 85.5 Å². The molecule has 0 fully saturated rings. The Morgan fingerprint density at radius 3 is 2.70 bits per heavy atom. The molecule has 0 bridgehead atoms. The van der Waals surface area contributed by atoms with Crippen LogP contribution in [-0.2, 0) is 10.0 Å². The number of aromatic nitrogens is 2. The van der Waals surface area contributed by atoms with Crippen molar-refractivity contribution >= 4 is 38.6 Å². The van der Waals surface area contributed by atoms with Crippen LogP contribution < -0.4 is 9.04 Å². The van der Waals surface area contributed by atoms with E-state index in [1.165, 1.54) is 28.8 Å². The van der Waals surface area contributed by atoms with Crippen molar-refractivity contribution < 1.29 is 17.7 Å². The summed E-state index contributed by atoms with van der Waals surface area (Å²) >= 11 is 7.22. The molecule has 0 spiro atoms. The maximum atomic E-state index is 13.3. The van der Waals surface area contributed by atoms with Gasteiger partial charge in [0.25, 0.3) is 15.9 Å². The van der Waals surface area contributed by atoms with Crippen molar-refractivity contribution in [3.63, 3.8) is 0 Å². The molecular weight excluding hydrogens is 446 g/mol. The molecule has 7 nitrogen and oxygen atoms in total. The maximum absolute atomic E-state index is 13.3. The van der Waals surface area contributed by atoms with E-state index in [0.29, 0.717) is 32.7 Å². The zero-order valence-electron chi connectivity index (χ0n) is 15.9. The number of hydrogen-bond acceptors (Lipinski definition) is 7. The molecule has 0 atom stereocenters. The summed E-state index contributed by atoms with van der Waals surface area (Å²) < 4.78 is 38.4. The minimum atomic E-state index is -3.88. The molecule has 10 heteroatoms. The predicted molar refractivity (Wildman–Crippen MR) is 117 cm³/mol. The van der Waals surface area contributed by atoms with Crippen molar-refractivity contribution in [1.82, 2.24) is 10.1 Å². The summed E-state index contributed by atoms with van der Waals surface area (Å²) in [5.74, 6) is 1.01. The fourth-order valence-electron chi connectivity index (χ4n) is 2.87. The van der Waals surface area contributed by atoms with Crippen LogP contribution in [0.15, 0.2) is 69.4 Å². The second-order valence-corrected chi connectivity index (χ2v) is 9.48. The van der Waals surface area contributed by atoms with E-state index in [9.17, 15) is 8.42 Å². The van der Waals surface area contributed by atoms with E-state index in [1.807, 2.05) is 12.1 Å². The first-order chi connectivity index (χ1) is 14.4. The average molecular weight is 462 g/mol. The molecule has 0 saturated carbocycles. The van der Waals surface area contributed by atoms with Crippen LogP contribution in [0.1, 0.15) is 0 Å². The Bertz CT molecular complexity index is 1300. The largest absolute Gasteiger partial charge is 0.496 e. The molecule has 2 heterocycles. The lowest BCUT2D eigenvalue weighted by Crippen LogP contribution is -2.26. The van der Waals surface area contributed by atoms with Gasteiger partial charge in [-0.2, -0.15) is 4.98 Å². The molecule has 30 heavy (non-hydrogen) atoms. The number of thiophene rings is 1. The molecular formula is C20H16ClN3O4S2. The Kier molecular flexibility index (Phi) is 5.50. The van der Waals surface area contributed by atoms with E-state index >= 15 is 0 Å². The van der Waals surface area contributed by atoms with Gasteiger partial charge >= 0.3 is 0 Å². The summed E-state index contributed by atoms with van der Waals surface area (Å²) in [5, 5.41) is 6.11. The van der Waals surface area contributed by atoms with Crippen LogP contribution in [0, 0.1) is 0 Å². The van der Waals surface area contributed by atoms with E-state index in [1.54, 1.807) is 48.9 Å². The minimum absolute atomic E-state index is 0.0743. The van der Waals surface area contributed by atoms with Gasteiger partial charge < -0.3 is 9.26 Å². The second kappa shape index (κ2) is 8.10. The first-order valence-corrected chi connectivity index (χ1v) is 11.4. The number of halogens is 1. The normalized spacial score (nSPS) is 11.4.